The molecule has 0 bridgehead atoms. The zero-order valence-corrected chi connectivity index (χ0v) is 14.0. The Balaban J connectivity index is 2.32. The molecule has 7 heteroatoms. The molecule has 1 aromatic rings. The third kappa shape index (κ3) is 3.16. The van der Waals surface area contributed by atoms with Crippen molar-refractivity contribution < 1.29 is 17.7 Å². The highest BCUT2D eigenvalue weighted by Gasteiger charge is 2.51. The van der Waals surface area contributed by atoms with Gasteiger partial charge in [0.05, 0.1) is 16.1 Å². The first-order valence-corrected chi connectivity index (χ1v) is 8.53. The Bertz CT molecular complexity index is 612. The van der Waals surface area contributed by atoms with Gasteiger partial charge >= 0.3 is 7.12 Å². The quantitative estimate of drug-likeness (QED) is 0.851. The molecule has 0 amide bonds. The van der Waals surface area contributed by atoms with Crippen molar-refractivity contribution in [3.8, 4) is 0 Å². The molecule has 2 rings (SSSR count). The highest BCUT2D eigenvalue weighted by Crippen LogP contribution is 2.36. The van der Waals surface area contributed by atoms with Crippen LogP contribution in [0.1, 0.15) is 34.6 Å². The average Bonchev–Trinajstić information content (AvgIpc) is 2.59. The van der Waals surface area contributed by atoms with Crippen molar-refractivity contribution >= 4 is 22.6 Å². The molecule has 5 nitrogen and oxygen atoms in total. The SMILES string of the molecule is CCNS(=O)(=O)c1cccc(B2OC(C)(C)C(C)(C)O2)c1. The van der Waals surface area contributed by atoms with Crippen LogP contribution in [-0.2, 0) is 19.3 Å². The topological polar surface area (TPSA) is 64.6 Å². The lowest BCUT2D eigenvalue weighted by Crippen LogP contribution is -2.41. The minimum absolute atomic E-state index is 0.219. The second kappa shape index (κ2) is 5.39. The molecule has 0 unspecified atom stereocenters. The maximum Gasteiger partial charge on any atom is 0.494 e. The summed E-state index contributed by atoms with van der Waals surface area (Å²) in [4.78, 5) is 0.219. The molecule has 1 aliphatic heterocycles. The summed E-state index contributed by atoms with van der Waals surface area (Å²) in [7, 11) is -4.04. The van der Waals surface area contributed by atoms with E-state index >= 15 is 0 Å². The van der Waals surface area contributed by atoms with Gasteiger partial charge in [-0.05, 0) is 45.3 Å². The number of hydrogen-bond acceptors (Lipinski definition) is 4. The Morgan fingerprint density at radius 3 is 2.24 bits per heavy atom. The average molecular weight is 311 g/mol. The zero-order valence-electron chi connectivity index (χ0n) is 13.1. The van der Waals surface area contributed by atoms with E-state index < -0.39 is 28.3 Å². The number of nitrogens with one attached hydrogen (secondary N) is 1. The third-order valence-electron chi connectivity index (χ3n) is 4.03. The molecule has 1 fully saturated rings. The summed E-state index contributed by atoms with van der Waals surface area (Å²) in [5, 5.41) is 0. The number of hydrogen-bond donors (Lipinski definition) is 1. The Morgan fingerprint density at radius 1 is 1.14 bits per heavy atom. The molecular formula is C14H22BNO4S. The lowest BCUT2D eigenvalue weighted by molar-refractivity contribution is 0.00578. The lowest BCUT2D eigenvalue weighted by atomic mass is 9.79. The van der Waals surface area contributed by atoms with Crippen LogP contribution in [0.4, 0.5) is 0 Å². The smallest absolute Gasteiger partial charge is 0.399 e. The lowest BCUT2D eigenvalue weighted by Gasteiger charge is -2.32. The fraction of sp³-hybridized carbons (Fsp3) is 0.571. The monoisotopic (exact) mass is 311 g/mol. The van der Waals surface area contributed by atoms with Crippen molar-refractivity contribution in [1.29, 1.82) is 0 Å². The van der Waals surface area contributed by atoms with E-state index in [9.17, 15) is 8.42 Å². The largest absolute Gasteiger partial charge is 0.494 e. The molecule has 1 aliphatic rings. The molecule has 0 aliphatic carbocycles. The first-order chi connectivity index (χ1) is 9.59. The van der Waals surface area contributed by atoms with Gasteiger partial charge in [-0.25, -0.2) is 13.1 Å². The molecule has 0 saturated carbocycles. The Labute approximate surface area is 127 Å². The molecule has 1 saturated heterocycles. The molecule has 21 heavy (non-hydrogen) atoms. The minimum Gasteiger partial charge on any atom is -0.399 e. The Hall–Kier alpha value is -0.885. The molecule has 1 aromatic carbocycles. The van der Waals surface area contributed by atoms with Gasteiger partial charge in [-0.3, -0.25) is 0 Å². The van der Waals surface area contributed by atoms with Crippen molar-refractivity contribution in [2.24, 2.45) is 0 Å². The molecule has 116 valence electrons. The van der Waals surface area contributed by atoms with Gasteiger partial charge in [-0.2, -0.15) is 0 Å². The van der Waals surface area contributed by atoms with E-state index in [0.717, 1.165) is 0 Å². The summed E-state index contributed by atoms with van der Waals surface area (Å²) in [6.45, 7) is 9.95. The van der Waals surface area contributed by atoms with Gasteiger partial charge in [0.2, 0.25) is 10.0 Å². The van der Waals surface area contributed by atoms with Gasteiger partial charge in [-0.15, -0.1) is 0 Å². The zero-order chi connectivity index (χ0) is 15.9. The van der Waals surface area contributed by atoms with Gasteiger partial charge in [0.15, 0.2) is 0 Å². The van der Waals surface area contributed by atoms with E-state index in [0.29, 0.717) is 12.0 Å². The summed E-state index contributed by atoms with van der Waals surface area (Å²) in [5.41, 5.74) is -0.199. The first kappa shape index (κ1) is 16.5. The van der Waals surface area contributed by atoms with Crippen molar-refractivity contribution in [3.63, 3.8) is 0 Å². The van der Waals surface area contributed by atoms with E-state index in [-0.39, 0.29) is 4.90 Å². The van der Waals surface area contributed by atoms with Gasteiger partial charge < -0.3 is 9.31 Å². The molecule has 0 spiro atoms. The molecule has 0 atom stereocenters. The number of sulfonamides is 1. The third-order valence-corrected chi connectivity index (χ3v) is 5.57. The highest BCUT2D eigenvalue weighted by molar-refractivity contribution is 7.89. The first-order valence-electron chi connectivity index (χ1n) is 7.04. The van der Waals surface area contributed by atoms with Gasteiger partial charge in [0, 0.05) is 6.54 Å². The molecule has 1 heterocycles. The van der Waals surface area contributed by atoms with Crippen LogP contribution >= 0.6 is 0 Å². The van der Waals surface area contributed by atoms with E-state index in [1.54, 1.807) is 25.1 Å². The van der Waals surface area contributed by atoms with E-state index in [2.05, 4.69) is 4.72 Å². The summed E-state index contributed by atoms with van der Waals surface area (Å²) in [5.74, 6) is 0. The molecule has 1 N–H and O–H groups in total. The standard InChI is InChI=1S/C14H22BNO4S/c1-6-16-21(17,18)12-9-7-8-11(10-12)15-19-13(2,3)14(4,5)20-15/h7-10,16H,6H2,1-5H3. The van der Waals surface area contributed by atoms with Crippen LogP contribution in [0.2, 0.25) is 0 Å². The number of benzene rings is 1. The van der Waals surface area contributed by atoms with Crippen LogP contribution in [0.5, 0.6) is 0 Å². The summed E-state index contributed by atoms with van der Waals surface area (Å²) in [6.07, 6.45) is 0. The highest BCUT2D eigenvalue weighted by atomic mass is 32.2. The van der Waals surface area contributed by atoms with Crippen LogP contribution in [-0.4, -0.2) is 33.3 Å². The van der Waals surface area contributed by atoms with E-state index in [1.165, 1.54) is 0 Å². The van der Waals surface area contributed by atoms with Crippen LogP contribution in [0, 0.1) is 0 Å². The predicted molar refractivity (Wildman–Crippen MR) is 83.0 cm³/mol. The second-order valence-corrected chi connectivity index (χ2v) is 7.93. The van der Waals surface area contributed by atoms with Crippen molar-refractivity contribution in [3.05, 3.63) is 24.3 Å². The van der Waals surface area contributed by atoms with Crippen LogP contribution in [0.25, 0.3) is 0 Å². The van der Waals surface area contributed by atoms with Crippen LogP contribution in [0.15, 0.2) is 29.2 Å². The fourth-order valence-electron chi connectivity index (χ4n) is 2.08. The summed E-state index contributed by atoms with van der Waals surface area (Å²) < 4.78 is 38.5. The van der Waals surface area contributed by atoms with Crippen molar-refractivity contribution in [2.45, 2.75) is 50.7 Å². The van der Waals surface area contributed by atoms with Gasteiger partial charge in [0.1, 0.15) is 0 Å². The normalized spacial score (nSPS) is 20.7. The molecule has 0 aromatic heterocycles. The van der Waals surface area contributed by atoms with Gasteiger partial charge in [-0.1, -0.05) is 19.1 Å². The van der Waals surface area contributed by atoms with Gasteiger partial charge in [0.25, 0.3) is 0 Å². The summed E-state index contributed by atoms with van der Waals surface area (Å²) in [6, 6.07) is 6.67. The minimum atomic E-state index is -3.48. The second-order valence-electron chi connectivity index (χ2n) is 6.16. The van der Waals surface area contributed by atoms with Crippen LogP contribution < -0.4 is 10.2 Å². The van der Waals surface area contributed by atoms with Crippen molar-refractivity contribution in [1.82, 2.24) is 4.72 Å². The summed E-state index contributed by atoms with van der Waals surface area (Å²) >= 11 is 0. The van der Waals surface area contributed by atoms with E-state index in [1.807, 2.05) is 33.8 Å². The Kier molecular flexibility index (Phi) is 4.23. The maximum atomic E-state index is 12.1. The Morgan fingerprint density at radius 2 is 1.71 bits per heavy atom. The van der Waals surface area contributed by atoms with Crippen molar-refractivity contribution in [2.75, 3.05) is 6.54 Å². The molecular weight excluding hydrogens is 289 g/mol. The van der Waals surface area contributed by atoms with Crippen LogP contribution in [0.3, 0.4) is 0 Å². The maximum absolute atomic E-state index is 12.1. The molecule has 0 radical (unpaired) electrons. The fourth-order valence-corrected chi connectivity index (χ4v) is 3.18. The number of rotatable bonds is 4. The predicted octanol–water partition coefficient (Wildman–Crippen LogP) is 1.28. The van der Waals surface area contributed by atoms with E-state index in [4.69, 9.17) is 9.31 Å².